The molecule has 3 heterocycles. The van der Waals surface area contributed by atoms with Gasteiger partial charge in [0.1, 0.15) is 0 Å². The molecule has 0 radical (unpaired) electrons. The smallest absolute Gasteiger partial charge is 0.0702 e. The van der Waals surface area contributed by atoms with Crippen molar-refractivity contribution < 1.29 is 0 Å². The second-order valence-electron chi connectivity index (χ2n) is 6.12. The van der Waals surface area contributed by atoms with E-state index in [-0.39, 0.29) is 0 Å². The molecule has 4 rings (SSSR count). The second-order valence-corrected chi connectivity index (χ2v) is 7.15. The molecule has 0 bridgehead atoms. The lowest BCUT2D eigenvalue weighted by atomic mass is 10.1. The summed E-state index contributed by atoms with van der Waals surface area (Å²) in [6, 6.07) is 19.1. The van der Waals surface area contributed by atoms with Crippen molar-refractivity contribution in [1.29, 1.82) is 0 Å². The van der Waals surface area contributed by atoms with E-state index in [0.29, 0.717) is 0 Å². The lowest BCUT2D eigenvalue weighted by Crippen LogP contribution is -2.22. The quantitative estimate of drug-likeness (QED) is 0.498. The summed E-state index contributed by atoms with van der Waals surface area (Å²) >= 11 is 1.81. The fourth-order valence-corrected chi connectivity index (χ4v) is 3.77. The molecule has 0 aliphatic carbocycles. The average molecular weight is 345 g/mol. The van der Waals surface area contributed by atoms with E-state index in [1.54, 1.807) is 0 Å². The molecule has 0 atom stereocenters. The molecule has 4 heteroatoms. The average Bonchev–Trinajstić information content (AvgIpc) is 3.15. The van der Waals surface area contributed by atoms with Gasteiger partial charge in [0.2, 0.25) is 0 Å². The minimum atomic E-state index is 0.886. The molecule has 0 aliphatic rings. The van der Waals surface area contributed by atoms with E-state index < -0.39 is 0 Å². The Labute approximate surface area is 151 Å². The Bertz CT molecular complexity index is 936. The fraction of sp³-hybridized carbons (Fsp3) is 0.143. The van der Waals surface area contributed by atoms with Gasteiger partial charge in [-0.25, -0.2) is 0 Å². The van der Waals surface area contributed by atoms with Gasteiger partial charge in [-0.1, -0.05) is 24.3 Å². The number of fused-ring (bicyclic) bond motifs is 1. The van der Waals surface area contributed by atoms with Crippen LogP contribution in [0.15, 0.2) is 78.6 Å². The van der Waals surface area contributed by atoms with Crippen LogP contribution in [-0.2, 0) is 19.6 Å². The van der Waals surface area contributed by atoms with Gasteiger partial charge in [-0.15, -0.1) is 11.3 Å². The topological polar surface area (TPSA) is 29.0 Å². The second kappa shape index (κ2) is 7.55. The Morgan fingerprint density at radius 3 is 2.60 bits per heavy atom. The highest BCUT2D eigenvalue weighted by Crippen LogP contribution is 2.19. The van der Waals surface area contributed by atoms with Crippen molar-refractivity contribution in [1.82, 2.24) is 14.9 Å². The largest absolute Gasteiger partial charge is 0.290 e. The highest BCUT2D eigenvalue weighted by molar-refractivity contribution is 7.09. The molecule has 0 saturated heterocycles. The third-order valence-electron chi connectivity index (χ3n) is 4.16. The molecule has 1 aromatic carbocycles. The maximum Gasteiger partial charge on any atom is 0.0702 e. The van der Waals surface area contributed by atoms with Gasteiger partial charge in [0.05, 0.1) is 5.52 Å². The van der Waals surface area contributed by atoms with Gasteiger partial charge in [-0.05, 0) is 46.8 Å². The van der Waals surface area contributed by atoms with E-state index in [9.17, 15) is 0 Å². The van der Waals surface area contributed by atoms with Crippen LogP contribution < -0.4 is 0 Å². The summed E-state index contributed by atoms with van der Waals surface area (Å²) in [6.45, 7) is 2.73. The van der Waals surface area contributed by atoms with Crippen LogP contribution >= 0.6 is 11.3 Å². The van der Waals surface area contributed by atoms with Crippen LogP contribution in [0.5, 0.6) is 0 Å². The maximum atomic E-state index is 4.41. The fourth-order valence-electron chi connectivity index (χ4n) is 3.02. The molecule has 124 valence electrons. The van der Waals surface area contributed by atoms with Gasteiger partial charge in [-0.3, -0.25) is 14.9 Å². The number of nitrogens with zero attached hydrogens (tertiary/aromatic N) is 3. The van der Waals surface area contributed by atoms with Crippen LogP contribution in [0.25, 0.3) is 10.9 Å². The first-order valence-corrected chi connectivity index (χ1v) is 9.22. The number of rotatable bonds is 6. The minimum absolute atomic E-state index is 0.886. The van der Waals surface area contributed by atoms with Crippen molar-refractivity contribution in [3.8, 4) is 0 Å². The standard InChI is InChI=1S/C21H19N3S/c1-4-18(13-22-9-1)15-24(16-20-6-3-11-25-20)14-17-7-8-21-19(12-17)5-2-10-23-21/h1-13H,14-16H2. The van der Waals surface area contributed by atoms with Crippen LogP contribution in [0.3, 0.4) is 0 Å². The molecule has 0 fully saturated rings. The van der Waals surface area contributed by atoms with Crippen molar-refractivity contribution in [2.75, 3.05) is 0 Å². The van der Waals surface area contributed by atoms with Gasteiger partial charge in [-0.2, -0.15) is 0 Å². The number of hydrogen-bond donors (Lipinski definition) is 0. The summed E-state index contributed by atoms with van der Waals surface area (Å²) < 4.78 is 0. The predicted molar refractivity (Wildman–Crippen MR) is 103 cm³/mol. The lowest BCUT2D eigenvalue weighted by molar-refractivity contribution is 0.250. The molecule has 3 nitrogen and oxygen atoms in total. The zero-order chi connectivity index (χ0) is 16.9. The van der Waals surface area contributed by atoms with Gasteiger partial charge in [0.25, 0.3) is 0 Å². The Hall–Kier alpha value is -2.56. The van der Waals surface area contributed by atoms with Crippen molar-refractivity contribution in [2.24, 2.45) is 0 Å². The predicted octanol–water partition coefficient (Wildman–Crippen LogP) is 4.89. The van der Waals surface area contributed by atoms with Gasteiger partial charge >= 0.3 is 0 Å². The molecule has 0 aliphatic heterocycles. The molecule has 0 unspecified atom stereocenters. The summed E-state index contributed by atoms with van der Waals surface area (Å²) in [6.07, 6.45) is 5.61. The molecule has 25 heavy (non-hydrogen) atoms. The summed E-state index contributed by atoms with van der Waals surface area (Å²) in [5, 5.41) is 3.33. The van der Waals surface area contributed by atoms with Crippen LogP contribution in [0.2, 0.25) is 0 Å². The Morgan fingerprint density at radius 1 is 0.840 bits per heavy atom. The van der Waals surface area contributed by atoms with Crippen LogP contribution in [0.1, 0.15) is 16.0 Å². The van der Waals surface area contributed by atoms with E-state index in [1.807, 2.05) is 42.1 Å². The summed E-state index contributed by atoms with van der Waals surface area (Å²) in [5.41, 5.74) is 3.59. The van der Waals surface area contributed by atoms with Crippen molar-refractivity contribution in [2.45, 2.75) is 19.6 Å². The normalized spacial score (nSPS) is 11.2. The van der Waals surface area contributed by atoms with Crippen molar-refractivity contribution in [3.05, 3.63) is 94.6 Å². The van der Waals surface area contributed by atoms with Crippen LogP contribution in [0, 0.1) is 0 Å². The zero-order valence-corrected chi connectivity index (χ0v) is 14.7. The minimum Gasteiger partial charge on any atom is -0.290 e. The van der Waals surface area contributed by atoms with Gasteiger partial charge < -0.3 is 0 Å². The number of aromatic nitrogens is 2. The Kier molecular flexibility index (Phi) is 4.81. The Balaban J connectivity index is 1.57. The maximum absolute atomic E-state index is 4.41. The molecular formula is C21H19N3S. The third-order valence-corrected chi connectivity index (χ3v) is 5.02. The first-order valence-electron chi connectivity index (χ1n) is 8.34. The molecule has 0 saturated carbocycles. The molecule has 0 N–H and O–H groups in total. The number of hydrogen-bond acceptors (Lipinski definition) is 4. The SMILES string of the molecule is c1cncc(CN(Cc2ccc3ncccc3c2)Cc2cccs2)c1. The number of pyridine rings is 2. The van der Waals surface area contributed by atoms with E-state index in [2.05, 4.69) is 62.7 Å². The highest BCUT2D eigenvalue weighted by Gasteiger charge is 2.10. The van der Waals surface area contributed by atoms with Crippen molar-refractivity contribution in [3.63, 3.8) is 0 Å². The molecule has 0 spiro atoms. The van der Waals surface area contributed by atoms with Gasteiger partial charge in [0.15, 0.2) is 0 Å². The monoisotopic (exact) mass is 345 g/mol. The van der Waals surface area contributed by atoms with E-state index in [4.69, 9.17) is 0 Å². The van der Waals surface area contributed by atoms with Crippen LogP contribution in [0.4, 0.5) is 0 Å². The van der Waals surface area contributed by atoms with Crippen molar-refractivity contribution >= 4 is 22.2 Å². The van der Waals surface area contributed by atoms with Crippen LogP contribution in [-0.4, -0.2) is 14.9 Å². The first kappa shape index (κ1) is 15.9. The first-order chi connectivity index (χ1) is 12.4. The molecule has 0 amide bonds. The number of thiophene rings is 1. The third kappa shape index (κ3) is 4.10. The van der Waals surface area contributed by atoms with E-state index >= 15 is 0 Å². The Morgan fingerprint density at radius 2 is 1.76 bits per heavy atom. The number of benzene rings is 1. The highest BCUT2D eigenvalue weighted by atomic mass is 32.1. The van der Waals surface area contributed by atoms with Gasteiger partial charge in [0, 0.05) is 48.5 Å². The summed E-state index contributed by atoms with van der Waals surface area (Å²) in [4.78, 5) is 12.5. The molecule has 4 aromatic rings. The molecular weight excluding hydrogens is 326 g/mol. The molecule has 3 aromatic heterocycles. The lowest BCUT2D eigenvalue weighted by Gasteiger charge is -2.22. The summed E-state index contributed by atoms with van der Waals surface area (Å²) in [5.74, 6) is 0. The van der Waals surface area contributed by atoms with E-state index in [0.717, 1.165) is 25.2 Å². The zero-order valence-electron chi connectivity index (χ0n) is 13.9. The van der Waals surface area contributed by atoms with E-state index in [1.165, 1.54) is 21.4 Å². The summed E-state index contributed by atoms with van der Waals surface area (Å²) in [7, 11) is 0.